The van der Waals surface area contributed by atoms with Gasteiger partial charge in [-0.2, -0.15) is 0 Å². The van der Waals surface area contributed by atoms with E-state index in [1.165, 1.54) is 6.33 Å². The zero-order valence-corrected chi connectivity index (χ0v) is 10.6. The molecule has 1 aliphatic rings. The second-order valence-corrected chi connectivity index (χ2v) is 4.55. The highest BCUT2D eigenvalue weighted by molar-refractivity contribution is 9.10. The molecule has 0 bridgehead atoms. The van der Waals surface area contributed by atoms with Crippen molar-refractivity contribution >= 4 is 33.5 Å². The fraction of sp³-hybridized carbons (Fsp3) is 0.444. The van der Waals surface area contributed by atoms with Crippen molar-refractivity contribution in [1.82, 2.24) is 9.97 Å². The van der Waals surface area contributed by atoms with Gasteiger partial charge >= 0.3 is 0 Å². The topological polar surface area (TPSA) is 110 Å². The maximum atomic E-state index is 11.3. The Hall–Kier alpha value is -1.41. The highest BCUT2D eigenvalue weighted by Gasteiger charge is 2.31. The molecule has 2 rings (SSSR count). The Balaban J connectivity index is 2.36. The molecule has 1 aliphatic heterocycles. The third-order valence-electron chi connectivity index (χ3n) is 2.76. The predicted octanol–water partition coefficient (Wildman–Crippen LogP) is -0.0212. The summed E-state index contributed by atoms with van der Waals surface area (Å²) in [6, 6.07) is -0.313. The zero-order chi connectivity index (χ0) is 12.4. The lowest BCUT2D eigenvalue weighted by atomic mass is 10.2. The fourth-order valence-corrected chi connectivity index (χ4v) is 2.52. The Morgan fingerprint density at radius 3 is 3.00 bits per heavy atom. The van der Waals surface area contributed by atoms with Crippen LogP contribution in [0.1, 0.15) is 12.8 Å². The van der Waals surface area contributed by atoms with Gasteiger partial charge in [0.15, 0.2) is 5.82 Å². The Bertz CT molecular complexity index is 439. The first-order valence-corrected chi connectivity index (χ1v) is 5.97. The van der Waals surface area contributed by atoms with E-state index in [4.69, 9.17) is 11.6 Å². The molecule has 8 heteroatoms. The second-order valence-electron chi connectivity index (χ2n) is 3.76. The number of amides is 1. The summed E-state index contributed by atoms with van der Waals surface area (Å²) in [7, 11) is 0. The van der Waals surface area contributed by atoms with Crippen molar-refractivity contribution in [1.29, 1.82) is 0 Å². The molecule has 1 amide bonds. The number of nitrogen functional groups attached to an aromatic ring is 1. The molecule has 0 aromatic carbocycles. The van der Waals surface area contributed by atoms with Crippen LogP contribution in [0.3, 0.4) is 0 Å². The van der Waals surface area contributed by atoms with Crippen LogP contribution in [0.15, 0.2) is 10.8 Å². The van der Waals surface area contributed by atoms with Crippen LogP contribution >= 0.6 is 15.9 Å². The monoisotopic (exact) mass is 300 g/mol. The summed E-state index contributed by atoms with van der Waals surface area (Å²) < 4.78 is 0.635. The lowest BCUT2D eigenvalue weighted by molar-refractivity contribution is -0.119. The lowest BCUT2D eigenvalue weighted by Gasteiger charge is -2.24. The number of carbonyl (C=O) groups is 1. The van der Waals surface area contributed by atoms with Crippen molar-refractivity contribution in [3.05, 3.63) is 10.8 Å². The van der Waals surface area contributed by atoms with E-state index >= 15 is 0 Å². The smallest absolute Gasteiger partial charge is 0.240 e. The third kappa shape index (κ3) is 2.18. The Morgan fingerprint density at radius 2 is 2.35 bits per heavy atom. The van der Waals surface area contributed by atoms with E-state index < -0.39 is 0 Å². The maximum Gasteiger partial charge on any atom is 0.240 e. The van der Waals surface area contributed by atoms with E-state index in [0.717, 1.165) is 19.4 Å². The van der Waals surface area contributed by atoms with Gasteiger partial charge in [0.05, 0.1) is 0 Å². The largest absolute Gasteiger partial charge is 0.368 e. The van der Waals surface area contributed by atoms with Gasteiger partial charge < -0.3 is 16.1 Å². The third-order valence-corrected chi connectivity index (χ3v) is 3.49. The maximum absolute atomic E-state index is 11.3. The van der Waals surface area contributed by atoms with E-state index in [1.807, 2.05) is 4.90 Å². The molecule has 1 fully saturated rings. The summed E-state index contributed by atoms with van der Waals surface area (Å²) in [6.07, 6.45) is 3.05. The summed E-state index contributed by atoms with van der Waals surface area (Å²) in [5.41, 5.74) is 7.83. The first-order valence-electron chi connectivity index (χ1n) is 5.18. The van der Waals surface area contributed by atoms with Gasteiger partial charge in [-0.1, -0.05) is 0 Å². The second kappa shape index (κ2) is 4.84. The highest BCUT2D eigenvalue weighted by Crippen LogP contribution is 2.33. The number of nitrogens with zero attached hydrogens (tertiary/aromatic N) is 3. The van der Waals surface area contributed by atoms with Crippen molar-refractivity contribution < 1.29 is 4.79 Å². The summed E-state index contributed by atoms with van der Waals surface area (Å²) >= 11 is 3.37. The van der Waals surface area contributed by atoms with Crippen molar-refractivity contribution in [3.63, 3.8) is 0 Å². The standard InChI is InChI=1S/C9H13BrN6O/c10-6-8(15-12)13-4-14-9(6)16-3-1-2-5(16)7(11)17/h4-5H,1-3,12H2,(H2,11,17)(H,13,14,15). The van der Waals surface area contributed by atoms with Crippen LogP contribution in [-0.4, -0.2) is 28.5 Å². The number of anilines is 2. The van der Waals surface area contributed by atoms with Crippen LogP contribution < -0.4 is 21.9 Å². The molecule has 0 radical (unpaired) electrons. The van der Waals surface area contributed by atoms with Gasteiger partial charge in [-0.05, 0) is 28.8 Å². The van der Waals surface area contributed by atoms with Crippen LogP contribution in [-0.2, 0) is 4.79 Å². The molecular formula is C9H13BrN6O. The van der Waals surface area contributed by atoms with Crippen LogP contribution in [0, 0.1) is 0 Å². The first-order chi connectivity index (χ1) is 8.15. The molecule has 1 atom stereocenters. The van der Waals surface area contributed by atoms with Crippen molar-refractivity contribution in [3.8, 4) is 0 Å². The number of rotatable bonds is 3. The number of halogens is 1. The summed E-state index contributed by atoms with van der Waals surface area (Å²) in [4.78, 5) is 21.3. The molecule has 5 N–H and O–H groups in total. The van der Waals surface area contributed by atoms with E-state index in [2.05, 4.69) is 31.3 Å². The highest BCUT2D eigenvalue weighted by atomic mass is 79.9. The molecule has 0 aliphatic carbocycles. The lowest BCUT2D eigenvalue weighted by Crippen LogP contribution is -2.41. The summed E-state index contributed by atoms with van der Waals surface area (Å²) in [5.74, 6) is 6.11. The normalized spacial score (nSPS) is 19.4. The first kappa shape index (κ1) is 12.1. The van der Waals surface area contributed by atoms with Gasteiger partial charge in [0.1, 0.15) is 22.7 Å². The Morgan fingerprint density at radius 1 is 1.59 bits per heavy atom. The average molecular weight is 301 g/mol. The van der Waals surface area contributed by atoms with Gasteiger partial charge in [-0.3, -0.25) is 4.79 Å². The quantitative estimate of drug-likeness (QED) is 0.534. The SMILES string of the molecule is NNc1ncnc(N2CCCC2C(N)=O)c1Br. The number of primary amides is 1. The molecule has 92 valence electrons. The van der Waals surface area contributed by atoms with Gasteiger partial charge in [0.2, 0.25) is 5.91 Å². The number of nitrogens with two attached hydrogens (primary N) is 2. The molecule has 1 aromatic rings. The Labute approximate surface area is 107 Å². The van der Waals surface area contributed by atoms with Crippen molar-refractivity contribution in [2.24, 2.45) is 11.6 Å². The molecule has 1 saturated heterocycles. The predicted molar refractivity (Wildman–Crippen MR) is 67.1 cm³/mol. The van der Waals surface area contributed by atoms with Crippen molar-refractivity contribution in [2.45, 2.75) is 18.9 Å². The molecule has 1 aromatic heterocycles. The molecule has 7 nitrogen and oxygen atoms in total. The van der Waals surface area contributed by atoms with Gasteiger partial charge in [-0.15, -0.1) is 0 Å². The zero-order valence-electron chi connectivity index (χ0n) is 9.06. The molecule has 0 spiro atoms. The van der Waals surface area contributed by atoms with Gasteiger partial charge in [-0.25, -0.2) is 15.8 Å². The van der Waals surface area contributed by atoms with E-state index in [-0.39, 0.29) is 11.9 Å². The van der Waals surface area contributed by atoms with E-state index in [0.29, 0.717) is 16.1 Å². The number of aromatic nitrogens is 2. The minimum atomic E-state index is -0.338. The van der Waals surface area contributed by atoms with Crippen LogP contribution in [0.5, 0.6) is 0 Å². The van der Waals surface area contributed by atoms with Gasteiger partial charge in [0.25, 0.3) is 0 Å². The number of carbonyl (C=O) groups excluding carboxylic acids is 1. The molecular weight excluding hydrogens is 288 g/mol. The minimum Gasteiger partial charge on any atom is -0.368 e. The minimum absolute atomic E-state index is 0.313. The van der Waals surface area contributed by atoms with E-state index in [1.54, 1.807) is 0 Å². The molecule has 2 heterocycles. The fourth-order valence-electron chi connectivity index (χ4n) is 1.98. The Kier molecular flexibility index (Phi) is 3.43. The van der Waals surface area contributed by atoms with Crippen LogP contribution in [0.4, 0.5) is 11.6 Å². The molecule has 17 heavy (non-hydrogen) atoms. The number of hydrazine groups is 1. The van der Waals surface area contributed by atoms with E-state index in [9.17, 15) is 4.79 Å². The summed E-state index contributed by atoms with van der Waals surface area (Å²) in [6.45, 7) is 0.743. The van der Waals surface area contributed by atoms with Crippen LogP contribution in [0.25, 0.3) is 0 Å². The molecule has 0 saturated carbocycles. The number of hydrogen-bond acceptors (Lipinski definition) is 6. The van der Waals surface area contributed by atoms with Crippen LogP contribution in [0.2, 0.25) is 0 Å². The average Bonchev–Trinajstić information content (AvgIpc) is 2.78. The van der Waals surface area contributed by atoms with Gasteiger partial charge in [0, 0.05) is 6.54 Å². The summed E-state index contributed by atoms with van der Waals surface area (Å²) in [5, 5.41) is 0. The van der Waals surface area contributed by atoms with Crippen molar-refractivity contribution in [2.75, 3.05) is 16.9 Å². The number of hydrogen-bond donors (Lipinski definition) is 3. The molecule has 1 unspecified atom stereocenters. The number of nitrogens with one attached hydrogen (secondary N) is 1.